The van der Waals surface area contributed by atoms with Crippen molar-refractivity contribution in [2.24, 2.45) is 0 Å². The summed E-state index contributed by atoms with van der Waals surface area (Å²) in [4.78, 5) is 4.80. The van der Waals surface area contributed by atoms with Gasteiger partial charge in [-0.25, -0.2) is 4.98 Å². The summed E-state index contributed by atoms with van der Waals surface area (Å²) >= 11 is 0. The number of aromatic nitrogens is 2. The lowest BCUT2D eigenvalue weighted by Gasteiger charge is -2.34. The van der Waals surface area contributed by atoms with Gasteiger partial charge in [-0.05, 0) is 263 Å². The highest BCUT2D eigenvalue weighted by atomic mass is 15.0. The number of rotatable bonds is 5. The number of fused-ring (bicyclic) bond motifs is 21. The second-order valence-electron chi connectivity index (χ2n) is 35.4. The van der Waals surface area contributed by atoms with Crippen molar-refractivity contribution >= 4 is 86.4 Å². The molecule has 2 aliphatic rings. The van der Waals surface area contributed by atoms with Crippen LogP contribution in [0.15, 0.2) is 388 Å². The number of benzene rings is 19. The molecule has 2 heteroatoms. The van der Waals surface area contributed by atoms with Crippen molar-refractivity contribution < 1.29 is 0 Å². The molecule has 0 saturated carbocycles. The molecule has 0 spiro atoms. The molecule has 2 heterocycles. The Balaban J connectivity index is 0.000000102. The molecule has 0 bridgehead atoms. The fourth-order valence-corrected chi connectivity index (χ4v) is 19.5. The van der Waals surface area contributed by atoms with Gasteiger partial charge in [-0.2, -0.15) is 0 Å². The van der Waals surface area contributed by atoms with Crippen molar-refractivity contribution in [1.82, 2.24) is 9.55 Å². The van der Waals surface area contributed by atoms with E-state index in [-0.39, 0.29) is 10.8 Å². The Bertz CT molecular complexity index is 7230. The Morgan fingerprint density at radius 3 is 0.800 bits per heavy atom. The predicted molar refractivity (Wildman–Crippen MR) is 538 cm³/mol. The Morgan fingerprint density at radius 2 is 0.448 bits per heavy atom. The van der Waals surface area contributed by atoms with E-state index in [9.17, 15) is 0 Å². The largest absolute Gasteiger partial charge is 0.309 e. The second-order valence-corrected chi connectivity index (χ2v) is 35.4. The van der Waals surface area contributed by atoms with Crippen molar-refractivity contribution in [1.29, 1.82) is 0 Å². The van der Waals surface area contributed by atoms with Crippen LogP contribution in [-0.2, 0) is 10.8 Å². The number of aryl methyl sites for hydroxylation is 12. The van der Waals surface area contributed by atoms with Crippen molar-refractivity contribution in [3.05, 3.63) is 488 Å². The maximum Gasteiger partial charge on any atom is 0.0713 e. The second kappa shape index (κ2) is 34.2. The topological polar surface area (TPSA) is 17.8 Å². The van der Waals surface area contributed by atoms with E-state index >= 15 is 0 Å². The summed E-state index contributed by atoms with van der Waals surface area (Å²) in [7, 11) is 0. The first kappa shape index (κ1) is 81.7. The summed E-state index contributed by atoms with van der Waals surface area (Å²) < 4.78 is 2.37. The first-order valence-corrected chi connectivity index (χ1v) is 44.0. The Kier molecular flexibility index (Phi) is 22.3. The molecule has 0 amide bonds. The molecule has 2 nitrogen and oxygen atoms in total. The Hall–Kier alpha value is -14.3. The van der Waals surface area contributed by atoms with Gasteiger partial charge in [-0.3, -0.25) is 0 Å². The van der Waals surface area contributed by atoms with Gasteiger partial charge in [0.15, 0.2) is 0 Å². The van der Waals surface area contributed by atoms with Gasteiger partial charge in [0.1, 0.15) is 0 Å². The quantitative estimate of drug-likeness (QED) is 0.157. The van der Waals surface area contributed by atoms with Crippen LogP contribution in [0.2, 0.25) is 0 Å². The van der Waals surface area contributed by atoms with Gasteiger partial charge in [0, 0.05) is 33.0 Å². The first-order chi connectivity index (χ1) is 60.6. The molecular weight excluding hydrogens is 1510 g/mol. The van der Waals surface area contributed by atoms with E-state index in [1.54, 1.807) is 0 Å². The minimum Gasteiger partial charge on any atom is -0.309 e. The molecular formula is C123H106N2. The number of pyridine rings is 1. The summed E-state index contributed by atoms with van der Waals surface area (Å²) in [6.45, 7) is 30.5. The zero-order chi connectivity index (χ0) is 86.4. The molecule has 0 atom stereocenters. The summed E-state index contributed by atoms with van der Waals surface area (Å²) in [5.41, 5.74) is 37.6. The van der Waals surface area contributed by atoms with Gasteiger partial charge in [0.05, 0.1) is 27.8 Å². The van der Waals surface area contributed by atoms with E-state index in [1.165, 1.54) is 226 Å². The number of hydrogen-bond donors (Lipinski definition) is 0. The fourth-order valence-electron chi connectivity index (χ4n) is 19.5. The van der Waals surface area contributed by atoms with E-state index in [0.29, 0.717) is 0 Å². The summed E-state index contributed by atoms with van der Waals surface area (Å²) in [5, 5.41) is 18.9. The van der Waals surface area contributed by atoms with Crippen LogP contribution >= 0.6 is 0 Å². The van der Waals surface area contributed by atoms with Crippen LogP contribution in [0, 0.1) is 83.1 Å². The highest BCUT2D eigenvalue weighted by molar-refractivity contribution is 6.27. The van der Waals surface area contributed by atoms with Crippen LogP contribution in [0.3, 0.4) is 0 Å². The number of hydrogen-bond acceptors (Lipinski definition) is 1. The molecule has 19 aromatic carbocycles. The average Bonchev–Trinajstić information content (AvgIpc) is 1.57. The molecule has 0 unspecified atom stereocenters. The number of para-hydroxylation sites is 1. The Morgan fingerprint density at radius 1 is 0.192 bits per heavy atom. The monoisotopic (exact) mass is 1610 g/mol. The molecule has 0 aliphatic heterocycles. The van der Waals surface area contributed by atoms with Crippen molar-refractivity contribution in [2.45, 2.75) is 108 Å². The predicted octanol–water partition coefficient (Wildman–Crippen LogP) is 33.2. The van der Waals surface area contributed by atoms with Gasteiger partial charge in [-0.1, -0.05) is 409 Å². The third kappa shape index (κ3) is 15.8. The minimum absolute atomic E-state index is 0.142. The van der Waals surface area contributed by atoms with Gasteiger partial charge >= 0.3 is 0 Å². The average molecular weight is 1610 g/mol. The minimum atomic E-state index is -0.273. The molecule has 0 N–H and O–H groups in total. The van der Waals surface area contributed by atoms with Crippen LogP contribution in [0.1, 0.15) is 114 Å². The summed E-state index contributed by atoms with van der Waals surface area (Å²) in [5.74, 6) is 0. The Labute approximate surface area is 737 Å². The van der Waals surface area contributed by atoms with Gasteiger partial charge < -0.3 is 4.57 Å². The van der Waals surface area contributed by atoms with E-state index in [0.717, 1.165) is 11.4 Å². The molecule has 21 aromatic rings. The van der Waals surface area contributed by atoms with Gasteiger partial charge in [-0.15, -0.1) is 0 Å². The molecule has 608 valence electrons. The molecule has 0 fully saturated rings. The highest BCUT2D eigenvalue weighted by Crippen LogP contribution is 2.57. The van der Waals surface area contributed by atoms with Crippen LogP contribution in [0.25, 0.3) is 137 Å². The van der Waals surface area contributed by atoms with Crippen molar-refractivity contribution in [2.75, 3.05) is 0 Å². The molecule has 2 aromatic heterocycles. The lowest BCUT2D eigenvalue weighted by atomic mass is 9.67. The summed E-state index contributed by atoms with van der Waals surface area (Å²) in [6.07, 6.45) is 0. The molecule has 125 heavy (non-hydrogen) atoms. The van der Waals surface area contributed by atoms with Crippen molar-refractivity contribution in [3.8, 4) is 50.5 Å². The molecule has 2 aliphatic carbocycles. The maximum absolute atomic E-state index is 4.80. The molecule has 23 rings (SSSR count). The van der Waals surface area contributed by atoms with E-state index in [2.05, 4.69) is 490 Å². The highest BCUT2D eigenvalue weighted by Gasteiger charge is 2.46. The third-order valence-electron chi connectivity index (χ3n) is 25.6. The lowest BCUT2D eigenvalue weighted by Crippen LogP contribution is -2.28. The number of nitrogens with zero attached hydrogens (tertiary/aromatic N) is 2. The van der Waals surface area contributed by atoms with Crippen LogP contribution in [0.4, 0.5) is 0 Å². The van der Waals surface area contributed by atoms with Gasteiger partial charge in [0.25, 0.3) is 0 Å². The normalized spacial score (nSPS) is 12.4. The standard InChI is InChI=1S/C27H22.C20H17N.2C20H16.C19H17N.C17H18/c1-19-13-15-23-24-16-14-20(2)18-26(24)27(25(23)17-19,21-9-5-3-6-10-21)22-11-7-4-8-12-22;1-14-8-10-17-18-11-9-15(2)13-20(18)21(19(17)12-14)16-6-4-3-5-7-16;1-13-7-9-17-18-10-8-14(2)12-20(18)16-6-4-3-5-15(16)19(17)11-13;1-13-7-9-17-15-5-3-4-6-16(15)18-10-8-14(2)12-20(18)19(17)11-13;1-14-6-3-8-16(12-14)18-10-5-11-19(20-18)17-9-4-7-15(2)13-17;1-11-5-7-13-14-8-6-12(2)10-16(14)17(3,4)15(13)9-11/h3-18H,1-2H3;3-13H,1-2H3;2*3-12H,1-2H3;3-13H,1-2H3;5-10H,1-4H3. The molecule has 0 radical (unpaired) electrons. The molecule has 0 saturated heterocycles. The smallest absolute Gasteiger partial charge is 0.0713 e. The van der Waals surface area contributed by atoms with Crippen LogP contribution in [0.5, 0.6) is 0 Å². The fraction of sp³-hybridized carbons (Fsp3) is 0.130. The van der Waals surface area contributed by atoms with Crippen LogP contribution < -0.4 is 0 Å². The summed E-state index contributed by atoms with van der Waals surface area (Å²) in [6, 6.07) is 141. The maximum atomic E-state index is 4.80. The van der Waals surface area contributed by atoms with E-state index in [1.807, 2.05) is 0 Å². The van der Waals surface area contributed by atoms with E-state index in [4.69, 9.17) is 4.98 Å². The van der Waals surface area contributed by atoms with Gasteiger partial charge in [0.2, 0.25) is 0 Å². The zero-order valence-corrected chi connectivity index (χ0v) is 74.3. The SMILES string of the molecule is Cc1ccc2c(c1)C(C)(C)c1cc(C)ccc1-2.Cc1ccc2c(c1)C(c1ccccc1)(c1ccccc1)c1cc(C)ccc1-2.Cc1ccc2c3ccc(C)cc3c3ccccc3c2c1.Cc1ccc2c3ccc(C)cc3n(-c3ccccc3)c2c1.Cc1ccc2c3ccccc3c3ccc(C)cc3c2c1.Cc1cccc(-c2cccc(-c3cccc(C)c3)n2)c1. The van der Waals surface area contributed by atoms with Crippen LogP contribution in [-0.4, -0.2) is 9.55 Å². The zero-order valence-electron chi connectivity index (χ0n) is 74.3. The third-order valence-corrected chi connectivity index (χ3v) is 25.6. The van der Waals surface area contributed by atoms with E-state index < -0.39 is 0 Å². The lowest BCUT2D eigenvalue weighted by molar-refractivity contribution is 0.659. The first-order valence-electron chi connectivity index (χ1n) is 44.0. The van der Waals surface area contributed by atoms with Crippen molar-refractivity contribution in [3.63, 3.8) is 0 Å².